The topological polar surface area (TPSA) is 118 Å². The number of aliphatic hydroxyl groups excluding tert-OH is 2. The van der Waals surface area contributed by atoms with E-state index in [9.17, 15) is 15.0 Å². The van der Waals surface area contributed by atoms with Gasteiger partial charge >= 0.3 is 0 Å². The van der Waals surface area contributed by atoms with Crippen molar-refractivity contribution in [3.8, 4) is 0 Å². The van der Waals surface area contributed by atoms with Crippen molar-refractivity contribution >= 4 is 23.2 Å². The lowest BCUT2D eigenvalue weighted by Crippen LogP contribution is -2.19. The Morgan fingerprint density at radius 1 is 1.40 bits per heavy atom. The maximum absolute atomic E-state index is 11.1. The van der Waals surface area contributed by atoms with E-state index in [1.165, 1.54) is 0 Å². The van der Waals surface area contributed by atoms with Gasteiger partial charge in [0.2, 0.25) is 5.91 Å². The van der Waals surface area contributed by atoms with Gasteiger partial charge in [-0.3, -0.25) is 4.79 Å². The number of nitrogens with one attached hydrogen (secondary N) is 1. The van der Waals surface area contributed by atoms with Crippen LogP contribution in [0, 0.1) is 0 Å². The average Bonchev–Trinajstić information content (AvgIpc) is 2.47. The van der Waals surface area contributed by atoms with Gasteiger partial charge in [-0.25, -0.2) is 0 Å². The van der Waals surface area contributed by atoms with Gasteiger partial charge in [-0.1, -0.05) is 17.2 Å². The quantitative estimate of drug-likeness (QED) is 0.309. The molecule has 1 aromatic rings. The van der Waals surface area contributed by atoms with Crippen LogP contribution in [0.4, 0.5) is 5.69 Å². The summed E-state index contributed by atoms with van der Waals surface area (Å²) < 4.78 is 0. The minimum Gasteiger partial charge on any atom is -0.390 e. The summed E-state index contributed by atoms with van der Waals surface area (Å²) in [5.41, 5.74) is 9.18. The Morgan fingerprint density at radius 3 is 2.60 bits per heavy atom. The number of alkyl halides is 1. The van der Waals surface area contributed by atoms with Gasteiger partial charge in [0.15, 0.2) is 0 Å². The van der Waals surface area contributed by atoms with Gasteiger partial charge in [0, 0.05) is 17.1 Å². The molecule has 2 unspecified atom stereocenters. The van der Waals surface area contributed by atoms with Gasteiger partial charge in [0.25, 0.3) is 0 Å². The molecule has 1 rings (SSSR count). The molecule has 0 heterocycles. The van der Waals surface area contributed by atoms with E-state index >= 15 is 0 Å². The molecule has 0 radical (unpaired) electrons. The zero-order valence-corrected chi connectivity index (χ0v) is 11.4. The van der Waals surface area contributed by atoms with Gasteiger partial charge < -0.3 is 15.5 Å². The van der Waals surface area contributed by atoms with E-state index in [0.717, 1.165) is 0 Å². The number of benzene rings is 1. The van der Waals surface area contributed by atoms with Crippen molar-refractivity contribution in [2.45, 2.75) is 18.6 Å². The van der Waals surface area contributed by atoms with Crippen LogP contribution < -0.4 is 5.32 Å². The molecule has 0 saturated heterocycles. The van der Waals surface area contributed by atoms with Crippen molar-refractivity contribution in [2.24, 2.45) is 5.11 Å². The second-order valence-corrected chi connectivity index (χ2v) is 4.33. The van der Waals surface area contributed by atoms with Crippen LogP contribution in [0.25, 0.3) is 10.4 Å². The number of anilines is 1. The normalized spacial score (nSPS) is 13.2. The molecular formula is C12H15ClN4O3. The Morgan fingerprint density at radius 2 is 2.05 bits per heavy atom. The third kappa shape index (κ3) is 5.07. The number of rotatable bonds is 7. The minimum atomic E-state index is -1.08. The van der Waals surface area contributed by atoms with Crippen LogP contribution in [0.2, 0.25) is 0 Å². The van der Waals surface area contributed by atoms with E-state index in [4.69, 9.17) is 17.1 Å². The lowest BCUT2D eigenvalue weighted by atomic mass is 10.0. The lowest BCUT2D eigenvalue weighted by molar-refractivity contribution is -0.113. The zero-order valence-electron chi connectivity index (χ0n) is 10.6. The summed E-state index contributed by atoms with van der Waals surface area (Å²) in [6.45, 7) is 0.110. The molecule has 108 valence electrons. The van der Waals surface area contributed by atoms with Crippen LogP contribution in [0.3, 0.4) is 0 Å². The number of hydrogen-bond acceptors (Lipinski definition) is 4. The lowest BCUT2D eigenvalue weighted by Gasteiger charge is -2.17. The summed E-state index contributed by atoms with van der Waals surface area (Å²) in [6, 6.07) is 6.38. The zero-order chi connectivity index (χ0) is 15.0. The van der Waals surface area contributed by atoms with Crippen molar-refractivity contribution in [2.75, 3.05) is 17.7 Å². The SMILES string of the molecule is [N-]=[N+]=NCCC(O)C(O)c1ccc(NC(=O)CCl)cc1. The number of aliphatic hydroxyl groups is 2. The molecule has 0 aliphatic carbocycles. The monoisotopic (exact) mass is 298 g/mol. The van der Waals surface area contributed by atoms with Crippen LogP contribution in [0.15, 0.2) is 29.4 Å². The number of carbonyl (C=O) groups excluding carboxylic acids is 1. The smallest absolute Gasteiger partial charge is 0.239 e. The molecule has 0 bridgehead atoms. The molecule has 2 atom stereocenters. The van der Waals surface area contributed by atoms with Crippen LogP contribution in [0.1, 0.15) is 18.1 Å². The third-order valence-electron chi connectivity index (χ3n) is 2.61. The standard InChI is InChI=1S/C12H15ClN4O3/c13-7-11(19)16-9-3-1-8(2-4-9)12(20)10(18)5-6-15-17-14/h1-4,10,12,18,20H,5-7H2,(H,16,19). The number of carbonyl (C=O) groups is 1. The van der Waals surface area contributed by atoms with E-state index < -0.39 is 12.2 Å². The van der Waals surface area contributed by atoms with E-state index in [-0.39, 0.29) is 24.8 Å². The second-order valence-electron chi connectivity index (χ2n) is 4.06. The third-order valence-corrected chi connectivity index (χ3v) is 2.85. The van der Waals surface area contributed by atoms with E-state index in [2.05, 4.69) is 15.3 Å². The average molecular weight is 299 g/mol. The number of hydrogen-bond donors (Lipinski definition) is 3. The first-order valence-electron chi connectivity index (χ1n) is 5.91. The molecule has 0 saturated carbocycles. The molecule has 0 aliphatic heterocycles. The van der Waals surface area contributed by atoms with Crippen LogP contribution in [0.5, 0.6) is 0 Å². The summed E-state index contributed by atoms with van der Waals surface area (Å²) in [5.74, 6) is -0.461. The molecule has 0 fully saturated rings. The van der Waals surface area contributed by atoms with Gasteiger partial charge in [-0.15, -0.1) is 11.6 Å². The van der Waals surface area contributed by atoms with Gasteiger partial charge in [-0.2, -0.15) is 0 Å². The summed E-state index contributed by atoms with van der Waals surface area (Å²) >= 11 is 5.37. The van der Waals surface area contributed by atoms with Crippen LogP contribution >= 0.6 is 11.6 Å². The van der Waals surface area contributed by atoms with Crippen molar-refractivity contribution in [3.63, 3.8) is 0 Å². The Kier molecular flexibility index (Phi) is 6.83. The molecule has 20 heavy (non-hydrogen) atoms. The first-order chi connectivity index (χ1) is 9.58. The first kappa shape index (κ1) is 16.3. The molecule has 8 heteroatoms. The van der Waals surface area contributed by atoms with Crippen LogP contribution in [-0.4, -0.2) is 34.6 Å². The summed E-state index contributed by atoms with van der Waals surface area (Å²) in [7, 11) is 0. The molecule has 1 amide bonds. The minimum absolute atomic E-state index is 0.110. The first-order valence-corrected chi connectivity index (χ1v) is 6.44. The van der Waals surface area contributed by atoms with E-state index in [1.54, 1.807) is 24.3 Å². The number of nitrogens with zero attached hydrogens (tertiary/aromatic N) is 3. The van der Waals surface area contributed by atoms with E-state index in [1.807, 2.05) is 0 Å². The fraction of sp³-hybridized carbons (Fsp3) is 0.417. The highest BCUT2D eigenvalue weighted by molar-refractivity contribution is 6.29. The Labute approximate surface area is 120 Å². The van der Waals surface area contributed by atoms with Crippen LogP contribution in [-0.2, 0) is 4.79 Å². The van der Waals surface area contributed by atoms with Crippen molar-refractivity contribution in [1.82, 2.24) is 0 Å². The van der Waals surface area contributed by atoms with Gasteiger partial charge in [0.1, 0.15) is 12.0 Å². The summed E-state index contributed by atoms with van der Waals surface area (Å²) in [5, 5.41) is 25.5. The molecule has 0 spiro atoms. The molecule has 3 N–H and O–H groups in total. The Hall–Kier alpha value is -1.79. The fourth-order valence-corrected chi connectivity index (χ4v) is 1.64. The molecular weight excluding hydrogens is 284 g/mol. The van der Waals surface area contributed by atoms with Crippen molar-refractivity contribution in [3.05, 3.63) is 40.3 Å². The number of amides is 1. The van der Waals surface area contributed by atoms with Gasteiger partial charge in [-0.05, 0) is 29.6 Å². The fourth-order valence-electron chi connectivity index (χ4n) is 1.57. The molecule has 1 aromatic carbocycles. The summed E-state index contributed by atoms with van der Waals surface area (Å²) in [4.78, 5) is 13.7. The predicted molar refractivity (Wildman–Crippen MR) is 75.4 cm³/mol. The second kappa shape index (κ2) is 8.39. The Bertz CT molecular complexity index is 488. The van der Waals surface area contributed by atoms with Crippen molar-refractivity contribution in [1.29, 1.82) is 0 Å². The molecule has 0 aliphatic rings. The molecule has 7 nitrogen and oxygen atoms in total. The van der Waals surface area contributed by atoms with Crippen molar-refractivity contribution < 1.29 is 15.0 Å². The maximum Gasteiger partial charge on any atom is 0.239 e. The summed E-state index contributed by atoms with van der Waals surface area (Å²) in [6.07, 6.45) is -1.94. The predicted octanol–water partition coefficient (Wildman–Crippen LogP) is 1.96. The highest BCUT2D eigenvalue weighted by Crippen LogP contribution is 2.21. The molecule has 0 aromatic heterocycles. The number of halogens is 1. The number of azide groups is 1. The van der Waals surface area contributed by atoms with Gasteiger partial charge in [0.05, 0.1) is 6.10 Å². The highest BCUT2D eigenvalue weighted by atomic mass is 35.5. The van der Waals surface area contributed by atoms with E-state index in [0.29, 0.717) is 11.3 Å². The largest absolute Gasteiger partial charge is 0.390 e. The maximum atomic E-state index is 11.1. The highest BCUT2D eigenvalue weighted by Gasteiger charge is 2.17. The Balaban J connectivity index is 2.62.